The third-order valence-electron chi connectivity index (χ3n) is 2.79. The van der Waals surface area contributed by atoms with Crippen LogP contribution >= 0.6 is 0 Å². The van der Waals surface area contributed by atoms with Gasteiger partial charge in [-0.1, -0.05) is 24.7 Å². The van der Waals surface area contributed by atoms with E-state index < -0.39 is 5.72 Å². The molecule has 1 aliphatic heterocycles. The lowest BCUT2D eigenvalue weighted by Crippen LogP contribution is -2.42. The zero-order chi connectivity index (χ0) is 10.7. The highest BCUT2D eigenvalue weighted by Crippen LogP contribution is 2.21. The number of aliphatic hydroxyl groups is 1. The van der Waals surface area contributed by atoms with E-state index in [-0.39, 0.29) is 0 Å². The second kappa shape index (κ2) is 4.14. The number of rotatable bonds is 4. The van der Waals surface area contributed by atoms with Crippen molar-refractivity contribution in [3.63, 3.8) is 0 Å². The molecule has 0 saturated carbocycles. The molecule has 4 heteroatoms. The van der Waals surface area contributed by atoms with Crippen LogP contribution in [0.25, 0.3) is 0 Å². The van der Waals surface area contributed by atoms with E-state index in [9.17, 15) is 5.11 Å². The second-order valence-corrected chi connectivity index (χ2v) is 4.18. The van der Waals surface area contributed by atoms with Crippen molar-refractivity contribution < 1.29 is 9.67 Å². The van der Waals surface area contributed by atoms with Crippen LogP contribution < -0.4 is 9.88 Å². The minimum Gasteiger partial charge on any atom is -0.357 e. The molecule has 2 heterocycles. The van der Waals surface area contributed by atoms with Gasteiger partial charge >= 0.3 is 5.95 Å². The molecule has 0 aliphatic carbocycles. The predicted octanol–water partition coefficient (Wildman–Crippen LogP) is 1.06. The molecule has 0 spiro atoms. The number of nitrogens with one attached hydrogen (secondary N) is 1. The van der Waals surface area contributed by atoms with Crippen LogP contribution in [-0.4, -0.2) is 15.8 Å². The fourth-order valence-electron chi connectivity index (χ4n) is 1.97. The van der Waals surface area contributed by atoms with Crippen molar-refractivity contribution in [3.8, 4) is 0 Å². The van der Waals surface area contributed by atoms with Gasteiger partial charge in [0.25, 0.3) is 0 Å². The van der Waals surface area contributed by atoms with Crippen molar-refractivity contribution >= 4 is 5.95 Å². The van der Waals surface area contributed by atoms with E-state index in [0.29, 0.717) is 6.54 Å². The Hall–Kier alpha value is -1.16. The Bertz CT molecular complexity index is 315. The highest BCUT2D eigenvalue weighted by Gasteiger charge is 2.40. The normalized spacial score (nSPS) is 23.6. The number of nitrogens with zero attached hydrogens (tertiary/aromatic N) is 2. The third-order valence-corrected chi connectivity index (χ3v) is 2.79. The van der Waals surface area contributed by atoms with Gasteiger partial charge in [0.1, 0.15) is 12.7 Å². The Balaban J connectivity index is 1.98. The lowest BCUT2D eigenvalue weighted by molar-refractivity contribution is -0.684. The van der Waals surface area contributed by atoms with E-state index in [1.165, 1.54) is 12.8 Å². The molecule has 0 amide bonds. The van der Waals surface area contributed by atoms with Crippen molar-refractivity contribution in [3.05, 3.63) is 18.5 Å². The SMILES string of the molecule is CCCCCC1(O)C[n+]2cccnc2N1. The summed E-state index contributed by atoms with van der Waals surface area (Å²) in [6.45, 7) is 2.76. The smallest absolute Gasteiger partial charge is 0.357 e. The Morgan fingerprint density at radius 1 is 1.60 bits per heavy atom. The average molecular weight is 208 g/mol. The van der Waals surface area contributed by atoms with Gasteiger partial charge in [-0.25, -0.2) is 9.88 Å². The first-order valence-corrected chi connectivity index (χ1v) is 5.58. The Morgan fingerprint density at radius 3 is 3.20 bits per heavy atom. The molecule has 1 aliphatic rings. The van der Waals surface area contributed by atoms with E-state index in [2.05, 4.69) is 17.2 Å². The molecule has 2 N–H and O–H groups in total. The molecule has 1 aromatic heterocycles. The molecule has 0 aromatic carbocycles. The van der Waals surface area contributed by atoms with Gasteiger partial charge in [0.15, 0.2) is 0 Å². The summed E-state index contributed by atoms with van der Waals surface area (Å²) in [4.78, 5) is 4.17. The molecule has 15 heavy (non-hydrogen) atoms. The van der Waals surface area contributed by atoms with E-state index in [1.807, 2.05) is 16.8 Å². The highest BCUT2D eigenvalue weighted by molar-refractivity contribution is 5.23. The van der Waals surface area contributed by atoms with Gasteiger partial charge < -0.3 is 5.11 Å². The van der Waals surface area contributed by atoms with Gasteiger partial charge in [-0.15, -0.1) is 0 Å². The maximum Gasteiger partial charge on any atom is 0.394 e. The van der Waals surface area contributed by atoms with Gasteiger partial charge in [-0.05, 0) is 6.42 Å². The van der Waals surface area contributed by atoms with Crippen LogP contribution in [0.4, 0.5) is 5.95 Å². The fraction of sp³-hybridized carbons (Fsp3) is 0.636. The van der Waals surface area contributed by atoms with Crippen molar-refractivity contribution in [2.75, 3.05) is 5.32 Å². The standard InChI is InChI=1S/C11H17N3O/c1-2-3-4-6-11(15)9-14-8-5-7-12-10(14)13-11/h5,7-8,15H,2-4,6,9H2,1H3/p+1. The summed E-state index contributed by atoms with van der Waals surface area (Å²) in [6, 6.07) is 1.88. The lowest BCUT2D eigenvalue weighted by atomic mass is 10.1. The molecule has 82 valence electrons. The summed E-state index contributed by atoms with van der Waals surface area (Å²) in [7, 11) is 0. The first kappa shape index (κ1) is 10.4. The van der Waals surface area contributed by atoms with Crippen LogP contribution in [0.5, 0.6) is 0 Å². The molecular formula is C11H18N3O+. The van der Waals surface area contributed by atoms with E-state index >= 15 is 0 Å². The molecule has 4 nitrogen and oxygen atoms in total. The van der Waals surface area contributed by atoms with Crippen molar-refractivity contribution in [1.82, 2.24) is 4.98 Å². The second-order valence-electron chi connectivity index (χ2n) is 4.18. The van der Waals surface area contributed by atoms with Gasteiger partial charge in [0, 0.05) is 12.5 Å². The van der Waals surface area contributed by atoms with Crippen molar-refractivity contribution in [1.29, 1.82) is 0 Å². The van der Waals surface area contributed by atoms with Crippen LogP contribution in [0, 0.1) is 0 Å². The Kier molecular flexibility index (Phi) is 2.86. The van der Waals surface area contributed by atoms with Gasteiger partial charge in [-0.2, -0.15) is 0 Å². The van der Waals surface area contributed by atoms with E-state index in [0.717, 1.165) is 18.8 Å². The number of aromatic nitrogens is 2. The average Bonchev–Trinajstić information content (AvgIpc) is 2.54. The van der Waals surface area contributed by atoms with Gasteiger partial charge in [0.05, 0.1) is 6.20 Å². The molecule has 0 radical (unpaired) electrons. The molecule has 1 unspecified atom stereocenters. The monoisotopic (exact) mass is 208 g/mol. The maximum atomic E-state index is 10.3. The summed E-state index contributed by atoms with van der Waals surface area (Å²) >= 11 is 0. The maximum absolute atomic E-state index is 10.3. The van der Waals surface area contributed by atoms with Crippen LogP contribution in [0.1, 0.15) is 32.6 Å². The van der Waals surface area contributed by atoms with Crippen LogP contribution in [0.15, 0.2) is 18.5 Å². The minimum absolute atomic E-state index is 0.597. The van der Waals surface area contributed by atoms with Crippen molar-refractivity contribution in [2.45, 2.75) is 44.9 Å². The van der Waals surface area contributed by atoms with E-state index in [1.54, 1.807) is 6.20 Å². The quantitative estimate of drug-likeness (QED) is 0.574. The van der Waals surface area contributed by atoms with Crippen LogP contribution in [-0.2, 0) is 6.54 Å². The molecule has 2 rings (SSSR count). The molecule has 0 bridgehead atoms. The first-order valence-electron chi connectivity index (χ1n) is 5.58. The van der Waals surface area contributed by atoms with Crippen LogP contribution in [0.3, 0.4) is 0 Å². The summed E-state index contributed by atoms with van der Waals surface area (Å²) in [5.41, 5.74) is -0.795. The van der Waals surface area contributed by atoms with Gasteiger partial charge in [-0.3, -0.25) is 0 Å². The van der Waals surface area contributed by atoms with Crippen LogP contribution in [0.2, 0.25) is 0 Å². The lowest BCUT2D eigenvalue weighted by Gasteiger charge is -2.17. The highest BCUT2D eigenvalue weighted by atomic mass is 16.3. The largest absolute Gasteiger partial charge is 0.394 e. The van der Waals surface area contributed by atoms with E-state index in [4.69, 9.17) is 0 Å². The molecule has 0 saturated heterocycles. The van der Waals surface area contributed by atoms with Gasteiger partial charge in [0.2, 0.25) is 5.72 Å². The molecule has 1 aromatic rings. The summed E-state index contributed by atoms with van der Waals surface area (Å²) in [6.07, 6.45) is 7.84. The first-order chi connectivity index (χ1) is 7.23. The molecule has 1 atom stereocenters. The fourth-order valence-corrected chi connectivity index (χ4v) is 1.97. The molecule has 0 fully saturated rings. The third kappa shape index (κ3) is 2.26. The Labute approximate surface area is 90.0 Å². The predicted molar refractivity (Wildman–Crippen MR) is 57.1 cm³/mol. The Morgan fingerprint density at radius 2 is 2.47 bits per heavy atom. The minimum atomic E-state index is -0.795. The van der Waals surface area contributed by atoms with Crippen molar-refractivity contribution in [2.24, 2.45) is 0 Å². The molecular weight excluding hydrogens is 190 g/mol. The topological polar surface area (TPSA) is 49.0 Å². The number of hydrogen-bond acceptors (Lipinski definition) is 3. The number of anilines is 1. The summed E-state index contributed by atoms with van der Waals surface area (Å²) in [5, 5.41) is 13.3. The zero-order valence-electron chi connectivity index (χ0n) is 9.11. The number of fused-ring (bicyclic) bond motifs is 1. The summed E-state index contributed by atoms with van der Waals surface area (Å²) in [5.74, 6) is 0.761. The summed E-state index contributed by atoms with van der Waals surface area (Å²) < 4.78 is 1.95. The number of unbranched alkanes of at least 4 members (excludes halogenated alkanes) is 2. The zero-order valence-corrected chi connectivity index (χ0v) is 9.11. The number of hydrogen-bond donors (Lipinski definition) is 2.